The molecule has 1 unspecified atom stereocenters. The van der Waals surface area contributed by atoms with Gasteiger partial charge in [-0.25, -0.2) is 14.2 Å². The number of nitrogens with zero attached hydrogens (tertiary/aromatic N) is 3. The van der Waals surface area contributed by atoms with Gasteiger partial charge in [-0.15, -0.1) is 0 Å². The number of hydrogen-bond donors (Lipinski definition) is 1. The number of benzene rings is 1. The monoisotopic (exact) mass is 416 g/mol. The molecule has 4 rings (SSSR count). The van der Waals surface area contributed by atoms with Crippen molar-refractivity contribution in [1.82, 2.24) is 9.97 Å². The molecule has 1 aromatic carbocycles. The maximum atomic E-state index is 13.1. The van der Waals surface area contributed by atoms with E-state index in [9.17, 15) is 4.21 Å². The summed E-state index contributed by atoms with van der Waals surface area (Å²) in [6.45, 7) is 1.31. The lowest BCUT2D eigenvalue weighted by Gasteiger charge is -2.23. The van der Waals surface area contributed by atoms with Crippen molar-refractivity contribution in [1.29, 1.82) is 0 Å². The fourth-order valence-corrected chi connectivity index (χ4v) is 5.17. The third kappa shape index (κ3) is 4.27. The third-order valence-corrected chi connectivity index (χ3v) is 7.32. The molecule has 0 radical (unpaired) electrons. The highest BCUT2D eigenvalue weighted by Gasteiger charge is 2.22. The highest BCUT2D eigenvalue weighted by atomic mass is 35.5. The van der Waals surface area contributed by atoms with Gasteiger partial charge in [0, 0.05) is 36.3 Å². The lowest BCUT2D eigenvalue weighted by Crippen LogP contribution is -2.27. The summed E-state index contributed by atoms with van der Waals surface area (Å²) in [6.07, 6.45) is 6.73. The summed E-state index contributed by atoms with van der Waals surface area (Å²) in [5, 5.41) is 5.70. The van der Waals surface area contributed by atoms with Crippen LogP contribution in [0.4, 0.5) is 17.2 Å². The highest BCUT2D eigenvalue weighted by molar-refractivity contribution is 7.93. The summed E-state index contributed by atoms with van der Waals surface area (Å²) in [5.41, 5.74) is 1.52. The van der Waals surface area contributed by atoms with Crippen molar-refractivity contribution in [2.24, 2.45) is 4.36 Å². The number of pyridine rings is 2. The molecule has 6 nitrogen and oxygen atoms in total. The van der Waals surface area contributed by atoms with Crippen LogP contribution in [0.1, 0.15) is 12.8 Å². The van der Waals surface area contributed by atoms with Crippen molar-refractivity contribution in [2.45, 2.75) is 18.1 Å². The fraction of sp³-hybridized carbons (Fsp3) is 0.300. The number of rotatable bonds is 4. The minimum absolute atomic E-state index is 0.0732. The molecule has 1 N–H and O–H groups in total. The molecule has 0 spiro atoms. The molecule has 0 bridgehead atoms. The Labute approximate surface area is 169 Å². The minimum atomic E-state index is -2.32. The Kier molecular flexibility index (Phi) is 5.48. The molecular formula is C20H21ClN4O2S. The van der Waals surface area contributed by atoms with E-state index in [-0.39, 0.29) is 5.25 Å². The van der Waals surface area contributed by atoms with Crippen LogP contribution in [0.15, 0.2) is 53.2 Å². The Bertz CT molecular complexity index is 1100. The maximum Gasteiger partial charge on any atom is 0.138 e. The van der Waals surface area contributed by atoms with Crippen LogP contribution in [0.5, 0.6) is 0 Å². The van der Waals surface area contributed by atoms with Gasteiger partial charge in [-0.1, -0.05) is 11.6 Å². The van der Waals surface area contributed by atoms with Crippen LogP contribution >= 0.6 is 11.6 Å². The molecule has 146 valence electrons. The van der Waals surface area contributed by atoms with E-state index in [4.69, 9.17) is 16.3 Å². The summed E-state index contributed by atoms with van der Waals surface area (Å²) in [5.74, 6) is 0.717. The number of halogens is 1. The van der Waals surface area contributed by atoms with E-state index >= 15 is 0 Å². The molecule has 1 fully saturated rings. The summed E-state index contributed by atoms with van der Waals surface area (Å²) < 4.78 is 23.1. The zero-order chi connectivity index (χ0) is 19.6. The predicted molar refractivity (Wildman–Crippen MR) is 114 cm³/mol. The molecule has 1 aliphatic rings. The Morgan fingerprint density at radius 3 is 2.75 bits per heavy atom. The number of nitrogens with one attached hydrogen (secondary N) is 1. The topological polar surface area (TPSA) is 76.5 Å². The Balaban J connectivity index is 1.65. The lowest BCUT2D eigenvalue weighted by atomic mass is 10.1. The molecule has 8 heteroatoms. The quantitative estimate of drug-likeness (QED) is 0.610. The summed E-state index contributed by atoms with van der Waals surface area (Å²) in [4.78, 5) is 8.50. The van der Waals surface area contributed by atoms with E-state index in [0.717, 1.165) is 40.8 Å². The number of hydrogen-bond acceptors (Lipinski definition) is 6. The number of fused-ring (bicyclic) bond motifs is 1. The molecule has 1 saturated heterocycles. The zero-order valence-corrected chi connectivity index (χ0v) is 17.0. The number of anilines is 2. The molecule has 0 amide bonds. The van der Waals surface area contributed by atoms with Crippen molar-refractivity contribution < 1.29 is 8.95 Å². The second kappa shape index (κ2) is 8.03. The average Bonchev–Trinajstić information content (AvgIpc) is 2.70. The van der Waals surface area contributed by atoms with Gasteiger partial charge < -0.3 is 10.1 Å². The van der Waals surface area contributed by atoms with Gasteiger partial charge in [0.2, 0.25) is 0 Å². The van der Waals surface area contributed by atoms with Gasteiger partial charge in [0.25, 0.3) is 0 Å². The Morgan fingerprint density at radius 1 is 1.18 bits per heavy atom. The van der Waals surface area contributed by atoms with Crippen LogP contribution in [0.3, 0.4) is 0 Å². The lowest BCUT2D eigenvalue weighted by molar-refractivity contribution is 0.0990. The van der Waals surface area contributed by atoms with Crippen molar-refractivity contribution in [3.8, 4) is 0 Å². The Hall–Kier alpha value is -2.22. The summed E-state index contributed by atoms with van der Waals surface area (Å²) in [7, 11) is -2.32. The summed E-state index contributed by atoms with van der Waals surface area (Å²) >= 11 is 5.84. The van der Waals surface area contributed by atoms with E-state index in [2.05, 4.69) is 19.6 Å². The van der Waals surface area contributed by atoms with E-state index < -0.39 is 9.73 Å². The molecule has 1 aliphatic heterocycles. The first-order valence-electron chi connectivity index (χ1n) is 9.07. The SMILES string of the molecule is CS(=O)(=Nc1ccc2c(Nc3ccc(Cl)nc3)nccc2c1)C1CCOCC1. The fourth-order valence-electron chi connectivity index (χ4n) is 3.31. The van der Waals surface area contributed by atoms with Crippen LogP contribution in [-0.2, 0) is 14.5 Å². The first-order valence-corrected chi connectivity index (χ1v) is 11.4. The molecule has 3 aromatic rings. The van der Waals surface area contributed by atoms with Gasteiger partial charge in [-0.2, -0.15) is 4.36 Å². The number of ether oxygens (including phenoxy) is 1. The normalized spacial score (nSPS) is 17.2. The molecule has 3 heterocycles. The second-order valence-corrected chi connectivity index (χ2v) is 9.78. The van der Waals surface area contributed by atoms with Gasteiger partial charge in [0.15, 0.2) is 0 Å². The smallest absolute Gasteiger partial charge is 0.138 e. The van der Waals surface area contributed by atoms with Crippen molar-refractivity contribution in [2.75, 3.05) is 24.8 Å². The van der Waals surface area contributed by atoms with Crippen LogP contribution in [0, 0.1) is 0 Å². The average molecular weight is 417 g/mol. The van der Waals surface area contributed by atoms with Crippen LogP contribution < -0.4 is 5.32 Å². The van der Waals surface area contributed by atoms with Gasteiger partial charge in [-0.3, -0.25) is 0 Å². The van der Waals surface area contributed by atoms with E-state index in [0.29, 0.717) is 18.4 Å². The maximum absolute atomic E-state index is 13.1. The van der Waals surface area contributed by atoms with E-state index in [1.165, 1.54) is 0 Å². The highest BCUT2D eigenvalue weighted by Crippen LogP contribution is 2.29. The van der Waals surface area contributed by atoms with Crippen LogP contribution in [0.25, 0.3) is 10.8 Å². The van der Waals surface area contributed by atoms with Crippen LogP contribution in [0.2, 0.25) is 5.15 Å². The first kappa shape index (κ1) is 19.1. The molecule has 0 saturated carbocycles. The van der Waals surface area contributed by atoms with Crippen LogP contribution in [-0.4, -0.2) is 38.9 Å². The standard InChI is InChI=1S/C20H21ClN4O2S/c1-28(26,17-7-10-27-11-8-17)25-15-2-4-18-14(12-15)6-9-22-20(18)24-16-3-5-19(21)23-13-16/h2-6,9,12-13,17H,7-8,10-11H2,1H3,(H,22,24). The number of aromatic nitrogens is 2. The van der Waals surface area contributed by atoms with Gasteiger partial charge in [0.05, 0.1) is 27.3 Å². The van der Waals surface area contributed by atoms with Gasteiger partial charge in [-0.05, 0) is 54.6 Å². The molecule has 28 heavy (non-hydrogen) atoms. The molecular weight excluding hydrogens is 396 g/mol. The second-order valence-electron chi connectivity index (χ2n) is 6.82. The molecule has 1 atom stereocenters. The van der Waals surface area contributed by atoms with E-state index in [1.807, 2.05) is 30.3 Å². The Morgan fingerprint density at radius 2 is 2.00 bits per heavy atom. The van der Waals surface area contributed by atoms with Crippen molar-refractivity contribution in [3.63, 3.8) is 0 Å². The minimum Gasteiger partial charge on any atom is -0.381 e. The molecule has 2 aromatic heterocycles. The summed E-state index contributed by atoms with van der Waals surface area (Å²) in [6, 6.07) is 11.3. The largest absolute Gasteiger partial charge is 0.381 e. The van der Waals surface area contributed by atoms with Crippen molar-refractivity contribution in [3.05, 3.63) is 53.9 Å². The zero-order valence-electron chi connectivity index (χ0n) is 15.5. The van der Waals surface area contributed by atoms with Gasteiger partial charge >= 0.3 is 0 Å². The van der Waals surface area contributed by atoms with E-state index in [1.54, 1.807) is 24.7 Å². The first-order chi connectivity index (χ1) is 13.5. The van der Waals surface area contributed by atoms with Gasteiger partial charge in [0.1, 0.15) is 11.0 Å². The molecule has 0 aliphatic carbocycles. The predicted octanol–water partition coefficient (Wildman–Crippen LogP) is 4.94. The van der Waals surface area contributed by atoms with Crippen molar-refractivity contribution >= 4 is 49.3 Å². The third-order valence-electron chi connectivity index (χ3n) is 4.81.